The van der Waals surface area contributed by atoms with Gasteiger partial charge in [-0.3, -0.25) is 14.3 Å². The van der Waals surface area contributed by atoms with Crippen molar-refractivity contribution < 1.29 is 8.42 Å². The van der Waals surface area contributed by atoms with E-state index >= 15 is 0 Å². The standard InChI is InChI=1S/C22H23N5O3S/c1-16(21-24-20-9-8-17(15-23)14-19(20)22(28)25(21)2)26-10-12-27(13-11-26)31(29,30)18-6-4-3-5-7-18/h3-9,14,16H,10-13H2,1-2H3. The maximum absolute atomic E-state index is 12.9. The van der Waals surface area contributed by atoms with Gasteiger partial charge in [0.15, 0.2) is 0 Å². The molecule has 0 radical (unpaired) electrons. The third-order valence-electron chi connectivity index (χ3n) is 5.81. The van der Waals surface area contributed by atoms with E-state index in [0.29, 0.717) is 53.4 Å². The van der Waals surface area contributed by atoms with Crippen LogP contribution in [0.15, 0.2) is 58.2 Å². The highest BCUT2D eigenvalue weighted by Gasteiger charge is 2.31. The molecule has 4 rings (SSSR count). The molecule has 160 valence electrons. The van der Waals surface area contributed by atoms with Gasteiger partial charge in [-0.15, -0.1) is 0 Å². The molecule has 1 unspecified atom stereocenters. The van der Waals surface area contributed by atoms with Gasteiger partial charge in [0, 0.05) is 33.2 Å². The van der Waals surface area contributed by atoms with Crippen molar-refractivity contribution in [2.45, 2.75) is 17.9 Å². The Hall–Kier alpha value is -3.06. The van der Waals surface area contributed by atoms with Crippen molar-refractivity contribution in [2.75, 3.05) is 26.2 Å². The summed E-state index contributed by atoms with van der Waals surface area (Å²) in [6, 6.07) is 15.2. The lowest BCUT2D eigenvalue weighted by atomic mass is 10.1. The number of piperazine rings is 1. The van der Waals surface area contributed by atoms with Crippen molar-refractivity contribution in [3.8, 4) is 6.07 Å². The maximum Gasteiger partial charge on any atom is 0.261 e. The Bertz CT molecular complexity index is 1320. The SMILES string of the molecule is CC(c1nc2ccc(C#N)cc2c(=O)n1C)N1CCN(S(=O)(=O)c2ccccc2)CC1. The summed E-state index contributed by atoms with van der Waals surface area (Å²) in [6.45, 7) is 3.78. The second-order valence-electron chi connectivity index (χ2n) is 7.61. The minimum absolute atomic E-state index is 0.167. The van der Waals surface area contributed by atoms with E-state index in [1.165, 1.54) is 8.87 Å². The normalized spacial score (nSPS) is 16.8. The van der Waals surface area contributed by atoms with E-state index in [1.54, 1.807) is 55.6 Å². The molecule has 9 heteroatoms. The van der Waals surface area contributed by atoms with Gasteiger partial charge in [-0.25, -0.2) is 13.4 Å². The summed E-state index contributed by atoms with van der Waals surface area (Å²) in [5.74, 6) is 0.613. The minimum atomic E-state index is -3.52. The summed E-state index contributed by atoms with van der Waals surface area (Å²) in [5.41, 5.74) is 0.770. The topological polar surface area (TPSA) is 99.3 Å². The predicted octanol–water partition coefficient (Wildman–Crippen LogP) is 1.87. The third-order valence-corrected chi connectivity index (χ3v) is 7.73. The first-order chi connectivity index (χ1) is 14.8. The second kappa shape index (κ2) is 8.23. The molecule has 0 amide bonds. The molecular formula is C22H23N5O3S. The minimum Gasteiger partial charge on any atom is -0.298 e. The monoisotopic (exact) mass is 437 g/mol. The number of nitriles is 1. The highest BCUT2D eigenvalue weighted by molar-refractivity contribution is 7.89. The van der Waals surface area contributed by atoms with Crippen LogP contribution in [0.5, 0.6) is 0 Å². The molecule has 0 N–H and O–H groups in total. The molecule has 1 saturated heterocycles. The van der Waals surface area contributed by atoms with E-state index in [0.717, 1.165) is 0 Å². The summed E-state index contributed by atoms with van der Waals surface area (Å²) >= 11 is 0. The van der Waals surface area contributed by atoms with Gasteiger partial charge in [0.2, 0.25) is 10.0 Å². The lowest BCUT2D eigenvalue weighted by molar-refractivity contribution is 0.139. The van der Waals surface area contributed by atoms with Gasteiger partial charge < -0.3 is 0 Å². The fourth-order valence-corrected chi connectivity index (χ4v) is 5.41. The zero-order chi connectivity index (χ0) is 22.2. The van der Waals surface area contributed by atoms with Gasteiger partial charge in [0.1, 0.15) is 5.82 Å². The molecule has 1 fully saturated rings. The largest absolute Gasteiger partial charge is 0.298 e. The average Bonchev–Trinajstić information content (AvgIpc) is 2.81. The number of benzene rings is 2. The van der Waals surface area contributed by atoms with E-state index in [9.17, 15) is 13.2 Å². The quantitative estimate of drug-likeness (QED) is 0.618. The highest BCUT2D eigenvalue weighted by atomic mass is 32.2. The van der Waals surface area contributed by atoms with Crippen LogP contribution in [0.4, 0.5) is 0 Å². The van der Waals surface area contributed by atoms with Crippen LogP contribution in [-0.4, -0.2) is 53.4 Å². The summed E-state index contributed by atoms with van der Waals surface area (Å²) in [6.07, 6.45) is 0. The van der Waals surface area contributed by atoms with Crippen molar-refractivity contribution in [1.29, 1.82) is 5.26 Å². The molecule has 1 aromatic heterocycles. The summed E-state index contributed by atoms with van der Waals surface area (Å²) in [4.78, 5) is 20.0. The van der Waals surface area contributed by atoms with Gasteiger partial charge in [0.05, 0.1) is 33.5 Å². The first kappa shape index (κ1) is 21.2. The van der Waals surface area contributed by atoms with Crippen LogP contribution in [0.1, 0.15) is 24.4 Å². The Morgan fingerprint density at radius 3 is 2.39 bits per heavy atom. The van der Waals surface area contributed by atoms with Crippen molar-refractivity contribution in [3.63, 3.8) is 0 Å². The molecule has 2 heterocycles. The van der Waals surface area contributed by atoms with Gasteiger partial charge in [-0.2, -0.15) is 9.57 Å². The number of hydrogen-bond donors (Lipinski definition) is 0. The fraction of sp³-hybridized carbons (Fsp3) is 0.318. The number of aromatic nitrogens is 2. The smallest absolute Gasteiger partial charge is 0.261 e. The number of sulfonamides is 1. The molecular weight excluding hydrogens is 414 g/mol. The van der Waals surface area contributed by atoms with Crippen molar-refractivity contribution in [3.05, 3.63) is 70.3 Å². The van der Waals surface area contributed by atoms with Gasteiger partial charge >= 0.3 is 0 Å². The number of fused-ring (bicyclic) bond motifs is 1. The van der Waals surface area contributed by atoms with Crippen LogP contribution in [0.25, 0.3) is 10.9 Å². The second-order valence-corrected chi connectivity index (χ2v) is 9.54. The van der Waals surface area contributed by atoms with Crippen LogP contribution in [0.3, 0.4) is 0 Å². The van der Waals surface area contributed by atoms with Crippen LogP contribution in [-0.2, 0) is 17.1 Å². The van der Waals surface area contributed by atoms with Crippen molar-refractivity contribution in [2.24, 2.45) is 7.05 Å². The molecule has 1 aliphatic heterocycles. The molecule has 0 saturated carbocycles. The summed E-state index contributed by atoms with van der Waals surface area (Å²) < 4.78 is 28.7. The number of hydrogen-bond acceptors (Lipinski definition) is 6. The Balaban J connectivity index is 1.56. The van der Waals surface area contributed by atoms with E-state index in [4.69, 9.17) is 5.26 Å². The Labute approximate surface area is 181 Å². The average molecular weight is 438 g/mol. The highest BCUT2D eigenvalue weighted by Crippen LogP contribution is 2.23. The van der Waals surface area contributed by atoms with E-state index in [1.807, 2.05) is 13.0 Å². The first-order valence-electron chi connectivity index (χ1n) is 10.0. The molecule has 2 aromatic carbocycles. The Morgan fingerprint density at radius 2 is 1.74 bits per heavy atom. The summed E-state index contributed by atoms with van der Waals surface area (Å²) in [7, 11) is -1.84. The molecule has 0 bridgehead atoms. The van der Waals surface area contributed by atoms with Crippen LogP contribution in [0.2, 0.25) is 0 Å². The molecule has 0 spiro atoms. The fourth-order valence-electron chi connectivity index (χ4n) is 3.97. The molecule has 31 heavy (non-hydrogen) atoms. The Morgan fingerprint density at radius 1 is 1.06 bits per heavy atom. The maximum atomic E-state index is 12.9. The van der Waals surface area contributed by atoms with Crippen LogP contribution < -0.4 is 5.56 Å². The number of nitrogens with zero attached hydrogens (tertiary/aromatic N) is 5. The van der Waals surface area contributed by atoms with Crippen LogP contribution in [0, 0.1) is 11.3 Å². The third kappa shape index (κ3) is 3.85. The first-order valence-corrected chi connectivity index (χ1v) is 11.5. The van der Waals surface area contributed by atoms with Crippen molar-refractivity contribution in [1.82, 2.24) is 18.8 Å². The Kier molecular flexibility index (Phi) is 5.62. The lowest BCUT2D eigenvalue weighted by Gasteiger charge is -2.37. The number of rotatable bonds is 4. The lowest BCUT2D eigenvalue weighted by Crippen LogP contribution is -2.49. The molecule has 0 aliphatic carbocycles. The van der Waals surface area contributed by atoms with E-state index in [2.05, 4.69) is 9.88 Å². The van der Waals surface area contributed by atoms with E-state index < -0.39 is 10.0 Å². The van der Waals surface area contributed by atoms with Crippen molar-refractivity contribution >= 4 is 20.9 Å². The zero-order valence-electron chi connectivity index (χ0n) is 17.4. The van der Waals surface area contributed by atoms with Gasteiger partial charge in [-0.1, -0.05) is 18.2 Å². The van der Waals surface area contributed by atoms with Crippen LogP contribution >= 0.6 is 0 Å². The summed E-state index contributed by atoms with van der Waals surface area (Å²) in [5, 5.41) is 9.50. The molecule has 8 nitrogen and oxygen atoms in total. The van der Waals surface area contributed by atoms with Gasteiger partial charge in [-0.05, 0) is 37.3 Å². The molecule has 3 aromatic rings. The zero-order valence-corrected chi connectivity index (χ0v) is 18.2. The molecule has 1 aliphatic rings. The van der Waals surface area contributed by atoms with E-state index in [-0.39, 0.29) is 11.6 Å². The van der Waals surface area contributed by atoms with Gasteiger partial charge in [0.25, 0.3) is 5.56 Å². The predicted molar refractivity (Wildman–Crippen MR) is 117 cm³/mol. The molecule has 1 atom stereocenters.